The maximum absolute atomic E-state index is 13.7. The number of aryl methyl sites for hydroxylation is 1. The number of hydrogen-bond acceptors (Lipinski definition) is 4. The molecule has 0 aliphatic carbocycles. The molecule has 0 radical (unpaired) electrons. The van der Waals surface area contributed by atoms with Crippen LogP contribution in [0.3, 0.4) is 0 Å². The van der Waals surface area contributed by atoms with Gasteiger partial charge in [-0.3, -0.25) is 13.9 Å². The van der Waals surface area contributed by atoms with E-state index >= 15 is 0 Å². The van der Waals surface area contributed by atoms with Crippen molar-refractivity contribution in [2.45, 2.75) is 31.2 Å². The first-order chi connectivity index (χ1) is 17.1. The van der Waals surface area contributed by atoms with Crippen molar-refractivity contribution >= 4 is 39.1 Å². The number of anilines is 1. The van der Waals surface area contributed by atoms with Gasteiger partial charge in [-0.2, -0.15) is 0 Å². The highest BCUT2D eigenvalue weighted by Crippen LogP contribution is 2.28. The second kappa shape index (κ2) is 12.1. The highest BCUT2D eigenvalue weighted by atomic mass is 35.5. The highest BCUT2D eigenvalue weighted by Gasteiger charge is 2.32. The zero-order chi connectivity index (χ0) is 26.3. The first-order valence-electron chi connectivity index (χ1n) is 11.5. The lowest BCUT2D eigenvalue weighted by atomic mass is 10.1. The largest absolute Gasteiger partial charge is 0.357 e. The number of rotatable bonds is 10. The Morgan fingerprint density at radius 2 is 1.58 bits per heavy atom. The maximum atomic E-state index is 13.7. The lowest BCUT2D eigenvalue weighted by Gasteiger charge is -2.31. The number of halogens is 1. The Kier molecular flexibility index (Phi) is 9.12. The molecule has 1 atom stereocenters. The Balaban J connectivity index is 1.98. The molecular weight excluding hydrogens is 498 g/mol. The molecule has 3 rings (SSSR count). The fourth-order valence-electron chi connectivity index (χ4n) is 3.76. The number of sulfonamides is 1. The van der Waals surface area contributed by atoms with Crippen LogP contribution in [0.25, 0.3) is 0 Å². The van der Waals surface area contributed by atoms with E-state index in [1.165, 1.54) is 30.1 Å². The lowest BCUT2D eigenvalue weighted by Crippen LogP contribution is -2.51. The topological polar surface area (TPSA) is 86.8 Å². The van der Waals surface area contributed by atoms with Gasteiger partial charge in [0.15, 0.2) is 0 Å². The summed E-state index contributed by atoms with van der Waals surface area (Å²) in [6.07, 6.45) is 0.510. The van der Waals surface area contributed by atoms with Gasteiger partial charge >= 0.3 is 0 Å². The van der Waals surface area contributed by atoms with Gasteiger partial charge < -0.3 is 10.2 Å². The van der Waals surface area contributed by atoms with Crippen LogP contribution in [0, 0.1) is 6.92 Å². The Morgan fingerprint density at radius 1 is 0.972 bits per heavy atom. The van der Waals surface area contributed by atoms with Gasteiger partial charge in [0.05, 0.1) is 10.6 Å². The summed E-state index contributed by atoms with van der Waals surface area (Å²) in [6, 6.07) is 21.5. The van der Waals surface area contributed by atoms with Crippen LogP contribution >= 0.6 is 11.6 Å². The van der Waals surface area contributed by atoms with Crippen LogP contribution in [-0.4, -0.2) is 51.3 Å². The van der Waals surface area contributed by atoms with Crippen LogP contribution in [-0.2, 0) is 26.0 Å². The molecule has 0 aliphatic rings. The minimum atomic E-state index is -4.10. The molecule has 0 spiro atoms. The smallest absolute Gasteiger partial charge is 0.264 e. The van der Waals surface area contributed by atoms with Crippen molar-refractivity contribution in [3.05, 3.63) is 95.0 Å². The molecular formula is C27H30ClN3O4S. The molecule has 0 heterocycles. The standard InChI is InChI=1S/C27H30ClN3O4S/c1-20-14-15-23(18-25(20)28)31(36(34,35)24-12-8-5-9-13-24)19-26(32)30(21(2)27(33)29-3)17-16-22-10-6-4-7-11-22/h4-15,18,21H,16-17,19H2,1-3H3,(H,29,33)/t21-/m1/s1. The molecule has 0 saturated carbocycles. The fraction of sp³-hybridized carbons (Fsp3) is 0.259. The minimum absolute atomic E-state index is 0.0460. The molecule has 0 saturated heterocycles. The molecule has 190 valence electrons. The molecule has 3 aromatic carbocycles. The average molecular weight is 528 g/mol. The number of hydrogen-bond donors (Lipinski definition) is 1. The van der Waals surface area contributed by atoms with Crippen molar-refractivity contribution in [2.75, 3.05) is 24.4 Å². The zero-order valence-electron chi connectivity index (χ0n) is 20.5. The van der Waals surface area contributed by atoms with E-state index < -0.39 is 28.5 Å². The molecule has 9 heteroatoms. The van der Waals surface area contributed by atoms with Gasteiger partial charge in [0, 0.05) is 18.6 Å². The SMILES string of the molecule is CNC(=O)[C@@H](C)N(CCc1ccccc1)C(=O)CN(c1ccc(C)c(Cl)c1)S(=O)(=O)c1ccccc1. The van der Waals surface area contributed by atoms with Gasteiger partial charge in [0.2, 0.25) is 11.8 Å². The van der Waals surface area contributed by atoms with E-state index in [2.05, 4.69) is 5.32 Å². The number of likely N-dealkylation sites (N-methyl/N-ethyl adjacent to an activating group) is 1. The van der Waals surface area contributed by atoms with Crippen LogP contribution in [0.2, 0.25) is 5.02 Å². The van der Waals surface area contributed by atoms with Crippen molar-refractivity contribution in [1.82, 2.24) is 10.2 Å². The van der Waals surface area contributed by atoms with Gasteiger partial charge in [-0.05, 0) is 55.7 Å². The summed E-state index contributed by atoms with van der Waals surface area (Å²) in [7, 11) is -2.61. The summed E-state index contributed by atoms with van der Waals surface area (Å²) in [5.74, 6) is -0.842. The maximum Gasteiger partial charge on any atom is 0.264 e. The first kappa shape index (κ1) is 27.2. The summed E-state index contributed by atoms with van der Waals surface area (Å²) >= 11 is 6.31. The van der Waals surface area contributed by atoms with Crippen molar-refractivity contribution in [3.63, 3.8) is 0 Å². The summed E-state index contributed by atoms with van der Waals surface area (Å²) in [5.41, 5.74) is 2.04. The van der Waals surface area contributed by atoms with Crippen LogP contribution < -0.4 is 9.62 Å². The predicted octanol–water partition coefficient (Wildman–Crippen LogP) is 4.05. The number of amides is 2. The summed E-state index contributed by atoms with van der Waals surface area (Å²) in [5, 5.41) is 2.95. The molecule has 0 bridgehead atoms. The van der Waals surface area contributed by atoms with Crippen molar-refractivity contribution < 1.29 is 18.0 Å². The first-order valence-corrected chi connectivity index (χ1v) is 13.4. The number of carbonyl (C=O) groups excluding carboxylic acids is 2. The molecule has 0 aliphatic heterocycles. The number of nitrogens with zero attached hydrogens (tertiary/aromatic N) is 2. The highest BCUT2D eigenvalue weighted by molar-refractivity contribution is 7.92. The lowest BCUT2D eigenvalue weighted by molar-refractivity contribution is -0.138. The summed E-state index contributed by atoms with van der Waals surface area (Å²) < 4.78 is 28.4. The van der Waals surface area contributed by atoms with Crippen LogP contribution in [0.15, 0.2) is 83.8 Å². The third kappa shape index (κ3) is 6.44. The number of carbonyl (C=O) groups is 2. The van der Waals surface area contributed by atoms with E-state index in [0.29, 0.717) is 11.4 Å². The molecule has 0 aromatic heterocycles. The molecule has 2 amide bonds. The van der Waals surface area contributed by atoms with Gasteiger partial charge in [-0.1, -0.05) is 66.2 Å². The minimum Gasteiger partial charge on any atom is -0.357 e. The Hall–Kier alpha value is -3.36. The fourth-order valence-corrected chi connectivity index (χ4v) is 5.37. The summed E-state index contributed by atoms with van der Waals surface area (Å²) in [6.45, 7) is 3.18. The second-order valence-electron chi connectivity index (χ2n) is 8.37. The van der Waals surface area contributed by atoms with E-state index in [1.54, 1.807) is 37.3 Å². The Labute approximate surface area is 217 Å². The molecule has 0 fully saturated rings. The van der Waals surface area contributed by atoms with Crippen molar-refractivity contribution in [1.29, 1.82) is 0 Å². The van der Waals surface area contributed by atoms with E-state index in [0.717, 1.165) is 15.4 Å². The molecule has 3 aromatic rings. The van der Waals surface area contributed by atoms with E-state index in [1.807, 2.05) is 37.3 Å². The molecule has 0 unspecified atom stereocenters. The molecule has 7 nitrogen and oxygen atoms in total. The zero-order valence-corrected chi connectivity index (χ0v) is 22.1. The third-order valence-electron chi connectivity index (χ3n) is 5.95. The van der Waals surface area contributed by atoms with E-state index in [4.69, 9.17) is 11.6 Å². The van der Waals surface area contributed by atoms with Crippen molar-refractivity contribution in [3.8, 4) is 0 Å². The van der Waals surface area contributed by atoms with Crippen LogP contribution in [0.1, 0.15) is 18.1 Å². The average Bonchev–Trinajstić information content (AvgIpc) is 2.89. The third-order valence-corrected chi connectivity index (χ3v) is 8.15. The van der Waals surface area contributed by atoms with Gasteiger partial charge in [0.25, 0.3) is 10.0 Å². The Morgan fingerprint density at radius 3 is 2.17 bits per heavy atom. The number of nitrogens with one attached hydrogen (secondary N) is 1. The van der Waals surface area contributed by atoms with Crippen LogP contribution in [0.5, 0.6) is 0 Å². The van der Waals surface area contributed by atoms with Gasteiger partial charge in [-0.25, -0.2) is 8.42 Å². The monoisotopic (exact) mass is 527 g/mol. The molecule has 1 N–H and O–H groups in total. The van der Waals surface area contributed by atoms with Gasteiger partial charge in [-0.15, -0.1) is 0 Å². The normalized spacial score (nSPS) is 12.0. The summed E-state index contributed by atoms with van der Waals surface area (Å²) in [4.78, 5) is 27.6. The molecule has 36 heavy (non-hydrogen) atoms. The van der Waals surface area contributed by atoms with Gasteiger partial charge in [0.1, 0.15) is 12.6 Å². The number of benzene rings is 3. The predicted molar refractivity (Wildman–Crippen MR) is 143 cm³/mol. The van der Waals surface area contributed by atoms with E-state index in [9.17, 15) is 18.0 Å². The van der Waals surface area contributed by atoms with Crippen LogP contribution in [0.4, 0.5) is 5.69 Å². The quantitative estimate of drug-likeness (QED) is 0.431. The van der Waals surface area contributed by atoms with E-state index in [-0.39, 0.29) is 23.0 Å². The van der Waals surface area contributed by atoms with Crippen molar-refractivity contribution in [2.24, 2.45) is 0 Å². The Bertz CT molecular complexity index is 1300. The second-order valence-corrected chi connectivity index (χ2v) is 10.6.